The van der Waals surface area contributed by atoms with E-state index in [1.165, 1.54) is 0 Å². The summed E-state index contributed by atoms with van der Waals surface area (Å²) in [7, 11) is 0. The van der Waals surface area contributed by atoms with Crippen LogP contribution in [0, 0.1) is 0 Å². The fraction of sp³-hybridized carbons (Fsp3) is 0.545. The first kappa shape index (κ1) is 13.8. The molecule has 1 aliphatic carbocycles. The van der Waals surface area contributed by atoms with Gasteiger partial charge in [0, 0.05) is 0 Å². The maximum Gasteiger partial charge on any atom is 0.345 e. The van der Waals surface area contributed by atoms with Gasteiger partial charge in [-0.15, -0.1) is 0 Å². The predicted molar refractivity (Wildman–Crippen MR) is 57.3 cm³/mol. The van der Waals surface area contributed by atoms with E-state index in [1.807, 2.05) is 18.2 Å². The van der Waals surface area contributed by atoms with E-state index in [2.05, 4.69) is 4.74 Å². The van der Waals surface area contributed by atoms with E-state index in [9.17, 15) is 13.6 Å². The molecule has 0 aromatic rings. The van der Waals surface area contributed by atoms with E-state index in [0.29, 0.717) is 0 Å². The van der Waals surface area contributed by atoms with Crippen molar-refractivity contribution in [1.29, 1.82) is 0 Å². The van der Waals surface area contributed by atoms with Gasteiger partial charge in [0.2, 0.25) is 0 Å². The molecule has 1 unspecified atom stereocenters. The van der Waals surface area contributed by atoms with Crippen molar-refractivity contribution in [1.82, 2.24) is 0 Å². The molecule has 0 amide bonds. The quantitative estimate of drug-likeness (QED) is 0.720. The summed E-state index contributed by atoms with van der Waals surface area (Å²) in [6.45, 7) is -3.37. The third kappa shape index (κ3) is 5.55. The minimum absolute atomic E-state index is 0.109. The minimum atomic E-state index is -2.93. The van der Waals surface area contributed by atoms with Crippen LogP contribution in [0.5, 0.6) is 0 Å². The number of halogens is 2. The largest absolute Gasteiger partial charge is 0.460 e. The van der Waals surface area contributed by atoms with Gasteiger partial charge in [0.1, 0.15) is 12.6 Å². The van der Waals surface area contributed by atoms with Gasteiger partial charge < -0.3 is 15.2 Å². The van der Waals surface area contributed by atoms with Gasteiger partial charge in [0.25, 0.3) is 0 Å². The Kier molecular flexibility index (Phi) is 5.79. The standard InChI is InChI=1S/C11H15F2NO3/c12-11(13)17-7-9(14)10(15)16-6-8-4-2-1-3-5-8/h2,4-5,9,11H,1,3,6-7,14H2. The Morgan fingerprint density at radius 2 is 2.24 bits per heavy atom. The van der Waals surface area contributed by atoms with Gasteiger partial charge in [-0.3, -0.25) is 4.79 Å². The van der Waals surface area contributed by atoms with Crippen molar-refractivity contribution >= 4 is 5.97 Å². The average Bonchev–Trinajstić information content (AvgIpc) is 2.34. The fourth-order valence-corrected chi connectivity index (χ4v) is 1.28. The summed E-state index contributed by atoms with van der Waals surface area (Å²) < 4.78 is 32.2. The highest BCUT2D eigenvalue weighted by Gasteiger charge is 2.17. The van der Waals surface area contributed by atoms with Crippen LogP contribution in [0.15, 0.2) is 23.8 Å². The van der Waals surface area contributed by atoms with Crippen molar-refractivity contribution < 1.29 is 23.0 Å². The molecule has 0 aromatic carbocycles. The zero-order valence-corrected chi connectivity index (χ0v) is 9.27. The van der Waals surface area contributed by atoms with Crippen LogP contribution >= 0.6 is 0 Å². The zero-order chi connectivity index (χ0) is 12.7. The van der Waals surface area contributed by atoms with Crippen molar-refractivity contribution in [3.05, 3.63) is 23.8 Å². The van der Waals surface area contributed by atoms with Crippen LogP contribution in [0.1, 0.15) is 12.8 Å². The molecule has 17 heavy (non-hydrogen) atoms. The van der Waals surface area contributed by atoms with Crippen LogP contribution in [-0.4, -0.2) is 31.8 Å². The first-order valence-corrected chi connectivity index (χ1v) is 5.27. The number of hydrogen-bond donors (Lipinski definition) is 1. The van der Waals surface area contributed by atoms with Crippen molar-refractivity contribution in [3.63, 3.8) is 0 Å². The lowest BCUT2D eigenvalue weighted by Gasteiger charge is -2.12. The number of ether oxygens (including phenoxy) is 2. The van der Waals surface area contributed by atoms with Crippen molar-refractivity contribution in [2.75, 3.05) is 13.2 Å². The predicted octanol–water partition coefficient (Wildman–Crippen LogP) is 1.37. The van der Waals surface area contributed by atoms with Crippen molar-refractivity contribution in [2.45, 2.75) is 25.5 Å². The summed E-state index contributed by atoms with van der Waals surface area (Å²) in [5.74, 6) is -0.745. The topological polar surface area (TPSA) is 61.5 Å². The monoisotopic (exact) mass is 247 g/mol. The van der Waals surface area contributed by atoms with Crippen LogP contribution in [0.4, 0.5) is 8.78 Å². The lowest BCUT2D eigenvalue weighted by atomic mass is 10.1. The van der Waals surface area contributed by atoms with E-state index in [1.54, 1.807) is 0 Å². The number of carbonyl (C=O) groups excluding carboxylic acids is 1. The van der Waals surface area contributed by atoms with Gasteiger partial charge >= 0.3 is 12.6 Å². The van der Waals surface area contributed by atoms with E-state index < -0.39 is 25.2 Å². The second-order valence-electron chi connectivity index (χ2n) is 3.57. The maximum absolute atomic E-state index is 11.7. The first-order chi connectivity index (χ1) is 8.09. The number of allylic oxidation sites excluding steroid dienone is 2. The van der Waals surface area contributed by atoms with E-state index in [0.717, 1.165) is 18.4 Å². The molecule has 4 nitrogen and oxygen atoms in total. The molecule has 0 spiro atoms. The van der Waals surface area contributed by atoms with Crippen LogP contribution < -0.4 is 5.73 Å². The molecule has 0 heterocycles. The molecule has 0 fully saturated rings. The fourth-order valence-electron chi connectivity index (χ4n) is 1.28. The van der Waals surface area contributed by atoms with Crippen LogP contribution in [0.25, 0.3) is 0 Å². The molecule has 0 aromatic heterocycles. The number of carbonyl (C=O) groups is 1. The van der Waals surface area contributed by atoms with Gasteiger partial charge in [-0.25, -0.2) is 0 Å². The van der Waals surface area contributed by atoms with Crippen LogP contribution in [0.2, 0.25) is 0 Å². The molecular formula is C11H15F2NO3. The molecule has 6 heteroatoms. The Bertz CT molecular complexity index is 316. The number of hydrogen-bond acceptors (Lipinski definition) is 4. The average molecular weight is 247 g/mol. The molecule has 1 atom stereocenters. The van der Waals surface area contributed by atoms with Gasteiger partial charge in [-0.05, 0) is 18.4 Å². The van der Waals surface area contributed by atoms with Gasteiger partial charge in [0.05, 0.1) is 6.61 Å². The smallest absolute Gasteiger partial charge is 0.345 e. The number of alkyl halides is 2. The molecule has 2 N–H and O–H groups in total. The molecule has 0 bridgehead atoms. The van der Waals surface area contributed by atoms with Gasteiger partial charge in [0.15, 0.2) is 0 Å². The number of nitrogens with two attached hydrogens (primary N) is 1. The van der Waals surface area contributed by atoms with Crippen LogP contribution in [-0.2, 0) is 14.3 Å². The second-order valence-corrected chi connectivity index (χ2v) is 3.57. The normalized spacial score (nSPS) is 16.8. The molecule has 0 saturated heterocycles. The third-order valence-electron chi connectivity index (χ3n) is 2.16. The zero-order valence-electron chi connectivity index (χ0n) is 9.27. The highest BCUT2D eigenvalue weighted by atomic mass is 19.3. The lowest BCUT2D eigenvalue weighted by molar-refractivity contribution is -0.155. The molecule has 0 radical (unpaired) electrons. The highest BCUT2D eigenvalue weighted by Crippen LogP contribution is 2.10. The highest BCUT2D eigenvalue weighted by molar-refractivity contribution is 5.75. The Hall–Kier alpha value is -1.27. The molecule has 0 aliphatic heterocycles. The molecule has 1 rings (SSSR count). The molecule has 1 aliphatic rings. The SMILES string of the molecule is NC(COC(F)F)C(=O)OCC1=CCCC=C1. The van der Waals surface area contributed by atoms with E-state index in [-0.39, 0.29) is 6.61 Å². The van der Waals surface area contributed by atoms with Gasteiger partial charge in [-0.2, -0.15) is 8.78 Å². The van der Waals surface area contributed by atoms with Gasteiger partial charge in [-0.1, -0.05) is 18.2 Å². The summed E-state index contributed by atoms with van der Waals surface area (Å²) >= 11 is 0. The van der Waals surface area contributed by atoms with E-state index >= 15 is 0 Å². The summed E-state index contributed by atoms with van der Waals surface area (Å²) in [6.07, 6.45) is 7.67. The number of rotatable bonds is 6. The first-order valence-electron chi connectivity index (χ1n) is 5.27. The Labute approximate surface area is 98.1 Å². The minimum Gasteiger partial charge on any atom is -0.460 e. The summed E-state index contributed by atoms with van der Waals surface area (Å²) in [4.78, 5) is 11.3. The maximum atomic E-state index is 11.7. The molecule has 0 saturated carbocycles. The molecule has 96 valence electrons. The summed E-state index contributed by atoms with van der Waals surface area (Å²) in [5, 5.41) is 0. The molecular weight excluding hydrogens is 232 g/mol. The summed E-state index contributed by atoms with van der Waals surface area (Å²) in [6, 6.07) is -1.18. The van der Waals surface area contributed by atoms with Crippen LogP contribution in [0.3, 0.4) is 0 Å². The third-order valence-corrected chi connectivity index (χ3v) is 2.16. The lowest BCUT2D eigenvalue weighted by Crippen LogP contribution is -2.37. The van der Waals surface area contributed by atoms with E-state index in [4.69, 9.17) is 10.5 Å². The van der Waals surface area contributed by atoms with Crippen molar-refractivity contribution in [3.8, 4) is 0 Å². The summed E-state index contributed by atoms with van der Waals surface area (Å²) in [5.41, 5.74) is 6.19. The second kappa shape index (κ2) is 7.13. The van der Waals surface area contributed by atoms with Crippen molar-refractivity contribution in [2.24, 2.45) is 5.73 Å². The Morgan fingerprint density at radius 3 is 2.82 bits per heavy atom. The number of esters is 1. The Balaban J connectivity index is 2.24. The Morgan fingerprint density at radius 1 is 1.47 bits per heavy atom.